The molecule has 0 radical (unpaired) electrons. The fraction of sp³-hybridized carbons (Fsp3) is 0.526. The van der Waals surface area contributed by atoms with Gasteiger partial charge in [-0.25, -0.2) is 4.79 Å². The molecule has 1 saturated carbocycles. The lowest BCUT2D eigenvalue weighted by Crippen LogP contribution is -2.55. The summed E-state index contributed by atoms with van der Waals surface area (Å²) in [5.41, 5.74) is 0.663. The summed E-state index contributed by atoms with van der Waals surface area (Å²) in [7, 11) is 0. The molecule has 3 aromatic rings. The number of nitrogens with one attached hydrogen (secondary N) is 3. The van der Waals surface area contributed by atoms with Crippen LogP contribution in [0.15, 0.2) is 71.8 Å². The first-order valence-electron chi connectivity index (χ1n) is 16.9. The van der Waals surface area contributed by atoms with Crippen molar-refractivity contribution >= 4 is 40.6 Å². The summed E-state index contributed by atoms with van der Waals surface area (Å²) in [4.78, 5) is 45.7. The van der Waals surface area contributed by atoms with Crippen LogP contribution in [0.1, 0.15) is 73.3 Å². The van der Waals surface area contributed by atoms with Gasteiger partial charge in [-0.3, -0.25) is 14.6 Å². The highest BCUT2D eigenvalue weighted by Crippen LogP contribution is 2.40. The quantitative estimate of drug-likeness (QED) is 0.166. The summed E-state index contributed by atoms with van der Waals surface area (Å²) in [6, 6.07) is 17.8. The zero-order valence-corrected chi connectivity index (χ0v) is 30.1. The number of nitrogens with zero attached hydrogens (tertiary/aromatic N) is 1. The van der Waals surface area contributed by atoms with Gasteiger partial charge in [-0.15, -0.1) is 11.8 Å². The average Bonchev–Trinajstić information content (AvgIpc) is 3.37. The highest BCUT2D eigenvalue weighted by atomic mass is 32.2. The van der Waals surface area contributed by atoms with Crippen LogP contribution in [0, 0.1) is 17.8 Å². The van der Waals surface area contributed by atoms with E-state index in [2.05, 4.69) is 27.9 Å². The molecule has 48 heavy (non-hydrogen) atoms. The molecule has 1 fully saturated rings. The van der Waals surface area contributed by atoms with E-state index >= 15 is 0 Å². The molecule has 1 aliphatic rings. The molecule has 9 nitrogen and oxygen atoms in total. The van der Waals surface area contributed by atoms with Gasteiger partial charge < -0.3 is 25.8 Å². The van der Waals surface area contributed by atoms with Crippen LogP contribution in [0.5, 0.6) is 0 Å². The van der Waals surface area contributed by atoms with Crippen molar-refractivity contribution in [3.8, 4) is 0 Å². The predicted octanol–water partition coefficient (Wildman–Crippen LogP) is 6.28. The van der Waals surface area contributed by atoms with Crippen LogP contribution >= 0.6 is 11.8 Å². The van der Waals surface area contributed by atoms with Crippen LogP contribution in [-0.4, -0.2) is 63.1 Å². The van der Waals surface area contributed by atoms with Crippen LogP contribution in [0.4, 0.5) is 4.79 Å². The van der Waals surface area contributed by atoms with Gasteiger partial charge in [-0.1, -0.05) is 55.5 Å². The van der Waals surface area contributed by atoms with Crippen molar-refractivity contribution in [2.75, 3.05) is 5.75 Å². The predicted molar refractivity (Wildman–Crippen MR) is 192 cm³/mol. The number of benzene rings is 2. The standard InChI is InChI=1S/C38H52N4O5S/c1-24-19-27(28(20-24)34(44)42-37(2,3)4)22-31(43)29(21-25-13-9-8-10-14-25)40-35(45)30(41-36(46)47-38(5,6)7)23-48-32-17-11-15-26-16-12-18-39-33(26)32/h8-18,24,27-31,43H,19-23H2,1-7H3,(H,40,45)(H,41,46)(H,42,44). The number of rotatable bonds is 12. The normalized spacial score (nSPS) is 20.0. The van der Waals surface area contributed by atoms with Crippen LogP contribution in [0.2, 0.25) is 0 Å². The summed E-state index contributed by atoms with van der Waals surface area (Å²) < 4.78 is 5.52. The lowest BCUT2D eigenvalue weighted by atomic mass is 9.86. The average molecular weight is 677 g/mol. The van der Waals surface area contributed by atoms with Crippen LogP contribution in [0.25, 0.3) is 10.9 Å². The number of aromatic nitrogens is 1. The molecule has 1 aromatic heterocycles. The van der Waals surface area contributed by atoms with Crippen molar-refractivity contribution in [2.24, 2.45) is 17.8 Å². The maximum Gasteiger partial charge on any atom is 0.408 e. The molecule has 0 spiro atoms. The van der Waals surface area contributed by atoms with Gasteiger partial charge in [0.25, 0.3) is 0 Å². The Hall–Kier alpha value is -3.63. The molecule has 260 valence electrons. The summed E-state index contributed by atoms with van der Waals surface area (Å²) in [6.07, 6.45) is 2.44. The van der Waals surface area contributed by atoms with E-state index in [1.807, 2.05) is 81.4 Å². The molecule has 0 aliphatic heterocycles. The molecule has 6 unspecified atom stereocenters. The minimum atomic E-state index is -0.967. The summed E-state index contributed by atoms with van der Waals surface area (Å²) in [5, 5.41) is 21.7. The number of hydrogen-bond donors (Lipinski definition) is 4. The molecule has 4 rings (SSSR count). The molecule has 3 amide bonds. The minimum absolute atomic E-state index is 0.00858. The van der Waals surface area contributed by atoms with E-state index in [-0.39, 0.29) is 29.0 Å². The van der Waals surface area contributed by atoms with E-state index in [9.17, 15) is 19.5 Å². The topological polar surface area (TPSA) is 130 Å². The molecule has 1 aliphatic carbocycles. The SMILES string of the molecule is CC1CC(CC(O)C(Cc2ccccc2)NC(=O)C(CSc2cccc3cccnc23)NC(=O)OC(C)(C)C)C(C(=O)NC(C)(C)C)C1. The number of amides is 3. The second-order valence-corrected chi connectivity index (χ2v) is 16.2. The second-order valence-electron chi connectivity index (χ2n) is 15.1. The molecular weight excluding hydrogens is 625 g/mol. The number of ether oxygens (including phenoxy) is 1. The number of para-hydroxylation sites is 1. The molecule has 10 heteroatoms. The van der Waals surface area contributed by atoms with E-state index in [1.54, 1.807) is 27.0 Å². The molecular formula is C38H52N4O5S. The third-order valence-electron chi connectivity index (χ3n) is 8.41. The zero-order valence-electron chi connectivity index (χ0n) is 29.3. The number of thioether (sulfide) groups is 1. The Morgan fingerprint density at radius 2 is 1.67 bits per heavy atom. The van der Waals surface area contributed by atoms with Crippen molar-refractivity contribution in [2.45, 2.75) is 108 Å². The van der Waals surface area contributed by atoms with Gasteiger partial charge in [-0.05, 0) is 96.8 Å². The smallest absolute Gasteiger partial charge is 0.408 e. The van der Waals surface area contributed by atoms with Gasteiger partial charge in [0.2, 0.25) is 11.8 Å². The first-order valence-corrected chi connectivity index (χ1v) is 17.9. The monoisotopic (exact) mass is 676 g/mol. The third-order valence-corrected chi connectivity index (χ3v) is 9.55. The Morgan fingerprint density at radius 1 is 0.958 bits per heavy atom. The highest BCUT2D eigenvalue weighted by molar-refractivity contribution is 7.99. The Morgan fingerprint density at radius 3 is 2.35 bits per heavy atom. The van der Waals surface area contributed by atoms with E-state index in [4.69, 9.17) is 4.74 Å². The summed E-state index contributed by atoms with van der Waals surface area (Å²) in [5.74, 6) is -0.100. The number of aliphatic hydroxyl groups excluding tert-OH is 1. The highest BCUT2D eigenvalue weighted by Gasteiger charge is 2.40. The maximum absolute atomic E-state index is 14.1. The number of fused-ring (bicyclic) bond motifs is 1. The summed E-state index contributed by atoms with van der Waals surface area (Å²) in [6.45, 7) is 13.3. The number of carbonyl (C=O) groups excluding carboxylic acids is 3. The van der Waals surface area contributed by atoms with E-state index in [0.29, 0.717) is 18.8 Å². The van der Waals surface area contributed by atoms with Gasteiger partial charge in [0, 0.05) is 33.7 Å². The Kier molecular flexibility index (Phi) is 12.5. The first-order chi connectivity index (χ1) is 22.6. The maximum atomic E-state index is 14.1. The lowest BCUT2D eigenvalue weighted by Gasteiger charge is -2.31. The fourth-order valence-corrected chi connectivity index (χ4v) is 7.42. The number of hydrogen-bond acceptors (Lipinski definition) is 7. The van der Waals surface area contributed by atoms with E-state index < -0.39 is 35.8 Å². The zero-order chi connectivity index (χ0) is 35.1. The van der Waals surface area contributed by atoms with Crippen molar-refractivity contribution in [3.63, 3.8) is 0 Å². The first kappa shape index (κ1) is 37.2. The van der Waals surface area contributed by atoms with Gasteiger partial charge in [0.1, 0.15) is 11.6 Å². The molecule has 1 heterocycles. The molecule has 2 aromatic carbocycles. The second kappa shape index (κ2) is 16.2. The molecule has 6 atom stereocenters. The van der Waals surface area contributed by atoms with E-state index in [1.165, 1.54) is 11.8 Å². The number of aliphatic hydroxyl groups is 1. The van der Waals surface area contributed by atoms with Crippen molar-refractivity contribution in [3.05, 3.63) is 72.4 Å². The van der Waals surface area contributed by atoms with Crippen LogP contribution < -0.4 is 16.0 Å². The molecule has 0 bridgehead atoms. The molecule has 4 N–H and O–H groups in total. The van der Waals surface area contributed by atoms with Gasteiger partial charge >= 0.3 is 6.09 Å². The van der Waals surface area contributed by atoms with Crippen molar-refractivity contribution in [1.82, 2.24) is 20.9 Å². The Bertz CT molecular complexity index is 1530. The number of alkyl carbamates (subject to hydrolysis) is 1. The van der Waals surface area contributed by atoms with E-state index in [0.717, 1.165) is 34.2 Å². The van der Waals surface area contributed by atoms with Gasteiger partial charge in [0.05, 0.1) is 17.7 Å². The Balaban J connectivity index is 1.55. The fourth-order valence-electron chi connectivity index (χ4n) is 6.35. The Labute approximate surface area is 289 Å². The number of carbonyl (C=O) groups is 3. The van der Waals surface area contributed by atoms with Crippen molar-refractivity contribution < 1.29 is 24.2 Å². The summed E-state index contributed by atoms with van der Waals surface area (Å²) >= 11 is 1.42. The molecule has 0 saturated heterocycles. The number of pyridine rings is 1. The van der Waals surface area contributed by atoms with Crippen molar-refractivity contribution in [1.29, 1.82) is 0 Å². The van der Waals surface area contributed by atoms with Crippen LogP contribution in [0.3, 0.4) is 0 Å². The largest absolute Gasteiger partial charge is 0.444 e. The third kappa shape index (κ3) is 11.2. The lowest BCUT2D eigenvalue weighted by molar-refractivity contribution is -0.128. The minimum Gasteiger partial charge on any atom is -0.444 e. The van der Waals surface area contributed by atoms with Gasteiger partial charge in [-0.2, -0.15) is 0 Å². The van der Waals surface area contributed by atoms with Crippen LogP contribution in [-0.2, 0) is 20.7 Å². The van der Waals surface area contributed by atoms with Gasteiger partial charge in [0.15, 0.2) is 0 Å².